The minimum absolute atomic E-state index is 0.129. The van der Waals surface area contributed by atoms with Crippen molar-refractivity contribution in [2.24, 2.45) is 4.99 Å². The lowest BCUT2D eigenvalue weighted by Crippen LogP contribution is -2.37. The highest BCUT2D eigenvalue weighted by molar-refractivity contribution is 5.79. The molecule has 1 aromatic carbocycles. The Morgan fingerprint density at radius 3 is 2.62 bits per heavy atom. The summed E-state index contributed by atoms with van der Waals surface area (Å²) in [6.45, 7) is 6.22. The van der Waals surface area contributed by atoms with Crippen molar-refractivity contribution in [1.29, 1.82) is 0 Å². The lowest BCUT2D eigenvalue weighted by Gasteiger charge is -2.15. The van der Waals surface area contributed by atoms with Crippen LogP contribution in [0.5, 0.6) is 5.75 Å². The van der Waals surface area contributed by atoms with Crippen molar-refractivity contribution in [2.45, 2.75) is 52.5 Å². The van der Waals surface area contributed by atoms with Gasteiger partial charge < -0.3 is 20.1 Å². The van der Waals surface area contributed by atoms with Gasteiger partial charge in [-0.05, 0) is 38.3 Å². The summed E-state index contributed by atoms with van der Waals surface area (Å²) in [4.78, 5) is 15.3. The van der Waals surface area contributed by atoms with Crippen LogP contribution in [0.15, 0.2) is 23.2 Å². The van der Waals surface area contributed by atoms with Crippen LogP contribution in [0.2, 0.25) is 0 Å². The van der Waals surface area contributed by atoms with Gasteiger partial charge in [0.2, 0.25) is 0 Å². The van der Waals surface area contributed by atoms with Crippen LogP contribution in [0.1, 0.15) is 50.2 Å². The van der Waals surface area contributed by atoms with Gasteiger partial charge in [-0.25, -0.2) is 0 Å². The van der Waals surface area contributed by atoms with E-state index in [2.05, 4.69) is 45.5 Å². The minimum atomic E-state index is -0.129. The Kier molecular flexibility index (Phi) is 10.9. The molecule has 0 aliphatic rings. The molecule has 1 aromatic rings. The predicted octanol–water partition coefficient (Wildman–Crippen LogP) is 3.18. The first-order valence-corrected chi connectivity index (χ1v) is 9.34. The van der Waals surface area contributed by atoms with Crippen LogP contribution in [0, 0.1) is 6.92 Å². The van der Waals surface area contributed by atoms with Crippen molar-refractivity contribution in [3.05, 3.63) is 29.3 Å². The molecule has 0 aliphatic carbocycles. The summed E-state index contributed by atoms with van der Waals surface area (Å²) in [5, 5.41) is 6.65. The SMILES string of the molecule is CCOc1cc(C)ccc1CNC(=NC)NCCCCCCC(=O)OC. The smallest absolute Gasteiger partial charge is 0.305 e. The molecule has 2 N–H and O–H groups in total. The number of hydrogen-bond donors (Lipinski definition) is 2. The molecule has 0 bridgehead atoms. The average Bonchev–Trinajstić information content (AvgIpc) is 2.64. The number of ether oxygens (including phenoxy) is 2. The van der Waals surface area contributed by atoms with Gasteiger partial charge in [0.1, 0.15) is 5.75 Å². The van der Waals surface area contributed by atoms with Crippen LogP contribution in [0.25, 0.3) is 0 Å². The zero-order chi connectivity index (χ0) is 19.2. The highest BCUT2D eigenvalue weighted by atomic mass is 16.5. The van der Waals surface area contributed by atoms with Crippen molar-refractivity contribution in [2.75, 3.05) is 27.3 Å². The number of carbonyl (C=O) groups excluding carboxylic acids is 1. The quantitative estimate of drug-likeness (QED) is 0.273. The summed E-state index contributed by atoms with van der Waals surface area (Å²) < 4.78 is 10.3. The average molecular weight is 364 g/mol. The van der Waals surface area contributed by atoms with E-state index in [1.807, 2.05) is 6.92 Å². The number of esters is 1. The Morgan fingerprint density at radius 2 is 1.92 bits per heavy atom. The summed E-state index contributed by atoms with van der Waals surface area (Å²) in [6.07, 6.45) is 4.53. The van der Waals surface area contributed by atoms with E-state index >= 15 is 0 Å². The van der Waals surface area contributed by atoms with Crippen molar-refractivity contribution in [1.82, 2.24) is 10.6 Å². The van der Waals surface area contributed by atoms with Gasteiger partial charge in [-0.1, -0.05) is 25.0 Å². The maximum absolute atomic E-state index is 11.0. The fourth-order valence-electron chi connectivity index (χ4n) is 2.55. The first kappa shape index (κ1) is 21.8. The standard InChI is InChI=1S/C20H33N3O3/c1-5-26-18-14-16(2)11-12-17(18)15-23-20(21-3)22-13-9-7-6-8-10-19(24)25-4/h11-12,14H,5-10,13,15H2,1-4H3,(H2,21,22,23). The van der Waals surface area contributed by atoms with E-state index in [-0.39, 0.29) is 5.97 Å². The Labute approximate surface area is 157 Å². The molecular weight excluding hydrogens is 330 g/mol. The molecule has 0 saturated carbocycles. The van der Waals surface area contributed by atoms with E-state index in [0.717, 1.165) is 49.5 Å². The zero-order valence-corrected chi connectivity index (χ0v) is 16.6. The summed E-state index contributed by atoms with van der Waals surface area (Å²) in [7, 11) is 3.20. The number of guanidine groups is 1. The van der Waals surface area contributed by atoms with E-state index in [9.17, 15) is 4.79 Å². The Hall–Kier alpha value is -2.24. The molecule has 0 fully saturated rings. The largest absolute Gasteiger partial charge is 0.494 e. The molecule has 146 valence electrons. The van der Waals surface area contributed by atoms with Gasteiger partial charge in [-0.15, -0.1) is 0 Å². The Balaban J connectivity index is 2.28. The number of hydrogen-bond acceptors (Lipinski definition) is 4. The van der Waals surface area contributed by atoms with Gasteiger partial charge in [-0.3, -0.25) is 9.79 Å². The summed E-state index contributed by atoms with van der Waals surface area (Å²) in [6, 6.07) is 6.23. The van der Waals surface area contributed by atoms with Crippen molar-refractivity contribution in [3.8, 4) is 5.75 Å². The molecule has 0 unspecified atom stereocenters. The van der Waals surface area contributed by atoms with Gasteiger partial charge >= 0.3 is 5.97 Å². The minimum Gasteiger partial charge on any atom is -0.494 e. The third kappa shape index (κ3) is 8.74. The van der Waals surface area contributed by atoms with Gasteiger partial charge in [-0.2, -0.15) is 0 Å². The van der Waals surface area contributed by atoms with E-state index < -0.39 is 0 Å². The van der Waals surface area contributed by atoms with Gasteiger partial charge in [0.25, 0.3) is 0 Å². The lowest BCUT2D eigenvalue weighted by atomic mass is 10.1. The third-order valence-corrected chi connectivity index (χ3v) is 4.02. The molecular formula is C20H33N3O3. The van der Waals surface area contributed by atoms with Crippen molar-refractivity contribution < 1.29 is 14.3 Å². The molecule has 0 aromatic heterocycles. The second-order valence-corrected chi connectivity index (χ2v) is 6.14. The van der Waals surface area contributed by atoms with Crippen LogP contribution in [-0.2, 0) is 16.1 Å². The zero-order valence-electron chi connectivity index (χ0n) is 16.6. The van der Waals surface area contributed by atoms with Crippen LogP contribution >= 0.6 is 0 Å². The highest BCUT2D eigenvalue weighted by Crippen LogP contribution is 2.20. The number of aliphatic imine (C=N–C) groups is 1. The fourth-order valence-corrected chi connectivity index (χ4v) is 2.55. The second kappa shape index (κ2) is 13.0. The van der Waals surface area contributed by atoms with Crippen LogP contribution in [0.4, 0.5) is 0 Å². The van der Waals surface area contributed by atoms with Crippen LogP contribution in [-0.4, -0.2) is 39.2 Å². The molecule has 26 heavy (non-hydrogen) atoms. The van der Waals surface area contributed by atoms with Crippen LogP contribution < -0.4 is 15.4 Å². The molecule has 0 aliphatic heterocycles. The predicted molar refractivity (Wildman–Crippen MR) is 106 cm³/mol. The number of benzene rings is 1. The number of aryl methyl sites for hydroxylation is 1. The molecule has 0 amide bonds. The molecule has 6 heteroatoms. The molecule has 0 radical (unpaired) electrons. The third-order valence-electron chi connectivity index (χ3n) is 4.02. The van der Waals surface area contributed by atoms with Gasteiger partial charge in [0.15, 0.2) is 5.96 Å². The number of unbranched alkanes of at least 4 members (excludes halogenated alkanes) is 3. The summed E-state index contributed by atoms with van der Waals surface area (Å²) in [5.74, 6) is 1.57. The number of methoxy groups -OCH3 is 1. The Morgan fingerprint density at radius 1 is 1.15 bits per heavy atom. The number of nitrogens with one attached hydrogen (secondary N) is 2. The normalized spacial score (nSPS) is 11.2. The molecule has 0 saturated heterocycles. The van der Waals surface area contributed by atoms with Crippen molar-refractivity contribution >= 4 is 11.9 Å². The molecule has 1 rings (SSSR count). The lowest BCUT2D eigenvalue weighted by molar-refractivity contribution is -0.140. The molecule has 6 nitrogen and oxygen atoms in total. The summed E-state index contributed by atoms with van der Waals surface area (Å²) >= 11 is 0. The first-order chi connectivity index (χ1) is 12.6. The monoisotopic (exact) mass is 363 g/mol. The van der Waals surface area contributed by atoms with Gasteiger partial charge in [0.05, 0.1) is 13.7 Å². The number of carbonyl (C=O) groups is 1. The van der Waals surface area contributed by atoms with Crippen molar-refractivity contribution in [3.63, 3.8) is 0 Å². The second-order valence-electron chi connectivity index (χ2n) is 6.14. The summed E-state index contributed by atoms with van der Waals surface area (Å²) in [5.41, 5.74) is 2.30. The maximum atomic E-state index is 11.0. The van der Waals surface area contributed by atoms with E-state index in [0.29, 0.717) is 19.6 Å². The molecule has 0 heterocycles. The fraction of sp³-hybridized carbons (Fsp3) is 0.600. The maximum Gasteiger partial charge on any atom is 0.305 e. The van der Waals surface area contributed by atoms with Crippen LogP contribution in [0.3, 0.4) is 0 Å². The number of rotatable bonds is 11. The van der Waals surface area contributed by atoms with E-state index in [1.54, 1.807) is 7.05 Å². The molecule has 0 atom stereocenters. The highest BCUT2D eigenvalue weighted by Gasteiger charge is 2.05. The van der Waals surface area contributed by atoms with E-state index in [1.165, 1.54) is 12.7 Å². The first-order valence-electron chi connectivity index (χ1n) is 9.34. The van der Waals surface area contributed by atoms with E-state index in [4.69, 9.17) is 4.74 Å². The Bertz CT molecular complexity index is 573. The van der Waals surface area contributed by atoms with Gasteiger partial charge in [0, 0.05) is 32.1 Å². The topological polar surface area (TPSA) is 72.0 Å². The number of nitrogens with zero attached hydrogens (tertiary/aromatic N) is 1. The molecule has 0 spiro atoms.